The topological polar surface area (TPSA) is 3.24 Å². The molecule has 0 unspecified atom stereocenters. The van der Waals surface area contributed by atoms with Crippen molar-refractivity contribution >= 4 is 49.4 Å². The zero-order valence-electron chi connectivity index (χ0n) is 34.0. The van der Waals surface area contributed by atoms with Gasteiger partial charge in [-0.15, -0.1) is 0 Å². The first-order valence-electron chi connectivity index (χ1n) is 21.6. The van der Waals surface area contributed by atoms with E-state index in [1.54, 1.807) is 0 Å². The van der Waals surface area contributed by atoms with Gasteiger partial charge in [0.2, 0.25) is 0 Å². The Labute approximate surface area is 361 Å². The minimum Gasteiger partial charge on any atom is -0.310 e. The highest BCUT2D eigenvalue weighted by Gasteiger charge is 2.52. The van der Waals surface area contributed by atoms with Crippen LogP contribution in [-0.4, -0.2) is 0 Å². The van der Waals surface area contributed by atoms with E-state index in [0.717, 1.165) is 17.1 Å². The number of nitrogens with zero attached hydrogens (tertiary/aromatic N) is 1. The second-order valence-electron chi connectivity index (χ2n) is 16.8. The molecular weight excluding hydrogens is 747 g/mol. The lowest BCUT2D eigenvalue weighted by atomic mass is 9.70. The van der Waals surface area contributed by atoms with E-state index in [0.29, 0.717) is 0 Å². The van der Waals surface area contributed by atoms with Gasteiger partial charge in [0.25, 0.3) is 0 Å². The van der Waals surface area contributed by atoms with Gasteiger partial charge in [0.1, 0.15) is 0 Å². The smallest absolute Gasteiger partial charge is 0.0725 e. The molecule has 0 bridgehead atoms. The van der Waals surface area contributed by atoms with Crippen molar-refractivity contribution in [2.75, 3.05) is 4.90 Å². The molecule has 1 heteroatoms. The predicted octanol–water partition coefficient (Wildman–Crippen LogP) is 16.3. The zero-order chi connectivity index (χ0) is 40.8. The fraction of sp³-hybridized carbons (Fsp3) is 0.0164. The minimum absolute atomic E-state index is 0.475. The molecule has 0 amide bonds. The van der Waals surface area contributed by atoms with E-state index in [2.05, 4.69) is 241 Å². The lowest BCUT2D eigenvalue weighted by molar-refractivity contribution is 0.795. The molecule has 0 heterocycles. The van der Waals surface area contributed by atoms with Crippen LogP contribution in [-0.2, 0) is 5.41 Å². The maximum atomic E-state index is 2.56. The fourth-order valence-electron chi connectivity index (χ4n) is 11.0. The molecule has 0 atom stereocenters. The van der Waals surface area contributed by atoms with Crippen molar-refractivity contribution < 1.29 is 0 Å². The first-order valence-corrected chi connectivity index (χ1v) is 21.6. The molecule has 0 aromatic heterocycles. The van der Waals surface area contributed by atoms with Gasteiger partial charge < -0.3 is 4.90 Å². The minimum atomic E-state index is -0.475. The lowest BCUT2D eigenvalue weighted by Gasteiger charge is -2.31. The van der Waals surface area contributed by atoms with Gasteiger partial charge >= 0.3 is 0 Å². The lowest BCUT2D eigenvalue weighted by Crippen LogP contribution is -2.26. The van der Waals surface area contributed by atoms with Crippen LogP contribution in [0.15, 0.2) is 237 Å². The monoisotopic (exact) mass is 785 g/mol. The van der Waals surface area contributed by atoms with Gasteiger partial charge in [0.15, 0.2) is 0 Å². The summed E-state index contributed by atoms with van der Waals surface area (Å²) in [6.07, 6.45) is 0. The molecule has 0 aliphatic heterocycles. The van der Waals surface area contributed by atoms with Gasteiger partial charge in [-0.25, -0.2) is 0 Å². The van der Waals surface area contributed by atoms with Crippen LogP contribution in [0.3, 0.4) is 0 Å². The number of anilines is 3. The molecule has 62 heavy (non-hydrogen) atoms. The number of benzene rings is 11. The summed E-state index contributed by atoms with van der Waals surface area (Å²) in [5, 5.41) is 7.74. The first kappa shape index (κ1) is 34.8. The Bertz CT molecular complexity index is 3420. The maximum Gasteiger partial charge on any atom is 0.0725 e. The summed E-state index contributed by atoms with van der Waals surface area (Å²) < 4.78 is 0. The number of rotatable bonds is 5. The van der Waals surface area contributed by atoms with E-state index >= 15 is 0 Å². The van der Waals surface area contributed by atoms with Crippen LogP contribution in [0.5, 0.6) is 0 Å². The molecule has 1 nitrogen and oxygen atoms in total. The van der Waals surface area contributed by atoms with Crippen molar-refractivity contribution in [2.24, 2.45) is 0 Å². The molecular formula is C61H39N. The van der Waals surface area contributed by atoms with Gasteiger partial charge in [0, 0.05) is 17.1 Å². The van der Waals surface area contributed by atoms with Crippen LogP contribution in [0.1, 0.15) is 22.3 Å². The molecule has 11 aromatic rings. The standard InChI is InChI=1S/C61H39N/c1-3-15-40(16-4-1)42-27-31-44(32-28-42)62(45-33-29-43(30-34-45)41-17-5-2-6-18-41)46-35-36-59-55(37-46)56-38-53-49-21-9-7-19-47(49)48-20-8-10-22-50(48)54(53)39-60(56)61(59)57-25-13-11-23-51(57)52-24-12-14-26-58(52)61/h1-39H. The maximum absolute atomic E-state index is 2.56. The average molecular weight is 786 g/mol. The van der Waals surface area contributed by atoms with Gasteiger partial charge in [-0.05, 0) is 148 Å². The summed E-state index contributed by atoms with van der Waals surface area (Å²) >= 11 is 0. The molecule has 0 saturated carbocycles. The number of hydrogen-bond acceptors (Lipinski definition) is 1. The van der Waals surface area contributed by atoms with Crippen LogP contribution >= 0.6 is 0 Å². The molecule has 288 valence electrons. The highest BCUT2D eigenvalue weighted by atomic mass is 15.1. The summed E-state index contributed by atoms with van der Waals surface area (Å²) in [6, 6.07) is 87.8. The van der Waals surface area contributed by atoms with E-state index in [1.807, 2.05) is 0 Å². The average Bonchev–Trinajstić information content (AvgIpc) is 3.81. The third kappa shape index (κ3) is 4.97. The zero-order valence-corrected chi connectivity index (χ0v) is 34.0. The second-order valence-corrected chi connectivity index (χ2v) is 16.8. The summed E-state index contributed by atoms with van der Waals surface area (Å²) in [4.78, 5) is 2.43. The number of hydrogen-bond donors (Lipinski definition) is 0. The molecule has 13 rings (SSSR count). The Morgan fingerprint density at radius 1 is 0.226 bits per heavy atom. The summed E-state index contributed by atoms with van der Waals surface area (Å²) in [6.45, 7) is 0. The predicted molar refractivity (Wildman–Crippen MR) is 261 cm³/mol. The first-order chi connectivity index (χ1) is 30.8. The van der Waals surface area contributed by atoms with E-state index in [-0.39, 0.29) is 0 Å². The summed E-state index contributed by atoms with van der Waals surface area (Å²) in [7, 11) is 0. The van der Waals surface area contributed by atoms with Crippen LogP contribution in [0.2, 0.25) is 0 Å². The molecule has 0 radical (unpaired) electrons. The summed E-state index contributed by atoms with van der Waals surface area (Å²) in [5.41, 5.74) is 18.2. The van der Waals surface area contributed by atoms with Crippen LogP contribution < -0.4 is 4.90 Å². The normalized spacial score (nSPS) is 13.0. The Balaban J connectivity index is 1.08. The molecule has 0 N–H and O–H groups in total. The third-order valence-electron chi connectivity index (χ3n) is 13.7. The Morgan fingerprint density at radius 3 is 1.11 bits per heavy atom. The SMILES string of the molecule is c1ccc(-c2ccc(N(c3ccc(-c4ccccc4)cc3)c3ccc4c(c3)-c3cc5c6ccccc6c6ccccc6c5cc3C43c4ccccc4-c4ccccc43)cc2)cc1. The molecule has 2 aliphatic carbocycles. The Morgan fingerprint density at radius 2 is 0.597 bits per heavy atom. The van der Waals surface area contributed by atoms with Crippen LogP contribution in [0.4, 0.5) is 17.1 Å². The van der Waals surface area contributed by atoms with Gasteiger partial charge in [-0.3, -0.25) is 0 Å². The van der Waals surface area contributed by atoms with Crippen molar-refractivity contribution in [2.45, 2.75) is 5.41 Å². The van der Waals surface area contributed by atoms with Crippen molar-refractivity contribution in [3.05, 3.63) is 259 Å². The van der Waals surface area contributed by atoms with Crippen LogP contribution in [0.25, 0.3) is 76.8 Å². The highest BCUT2D eigenvalue weighted by molar-refractivity contribution is 6.26. The largest absolute Gasteiger partial charge is 0.310 e. The van der Waals surface area contributed by atoms with Gasteiger partial charge in [-0.2, -0.15) is 0 Å². The van der Waals surface area contributed by atoms with Crippen LogP contribution in [0, 0.1) is 0 Å². The molecule has 0 fully saturated rings. The van der Waals surface area contributed by atoms with Gasteiger partial charge in [0.05, 0.1) is 5.41 Å². The van der Waals surface area contributed by atoms with E-state index in [9.17, 15) is 0 Å². The molecule has 2 aliphatic rings. The summed E-state index contributed by atoms with van der Waals surface area (Å²) in [5.74, 6) is 0. The van der Waals surface area contributed by atoms with E-state index < -0.39 is 5.41 Å². The van der Waals surface area contributed by atoms with Crippen molar-refractivity contribution in [1.29, 1.82) is 0 Å². The molecule has 1 spiro atoms. The second kappa shape index (κ2) is 13.5. The molecule has 0 saturated heterocycles. The van der Waals surface area contributed by atoms with Crippen molar-refractivity contribution in [3.8, 4) is 44.5 Å². The van der Waals surface area contributed by atoms with Gasteiger partial charge in [-0.1, -0.05) is 188 Å². The Kier molecular flexibility index (Phi) is 7.59. The van der Waals surface area contributed by atoms with Crippen molar-refractivity contribution in [3.63, 3.8) is 0 Å². The van der Waals surface area contributed by atoms with E-state index in [1.165, 1.54) is 99.1 Å². The molecule has 11 aromatic carbocycles. The van der Waals surface area contributed by atoms with E-state index in [4.69, 9.17) is 0 Å². The third-order valence-corrected chi connectivity index (χ3v) is 13.7. The van der Waals surface area contributed by atoms with Crippen molar-refractivity contribution in [1.82, 2.24) is 0 Å². The quantitative estimate of drug-likeness (QED) is 0.157. The Hall–Kier alpha value is -8.00. The fourth-order valence-corrected chi connectivity index (χ4v) is 11.0. The number of fused-ring (bicyclic) bond motifs is 16. The highest BCUT2D eigenvalue weighted by Crippen LogP contribution is 2.64.